The van der Waals surface area contributed by atoms with Crippen molar-refractivity contribution < 1.29 is 9.84 Å². The minimum atomic E-state index is -0.0255. The Labute approximate surface area is 54.4 Å². The van der Waals surface area contributed by atoms with E-state index in [9.17, 15) is 0 Å². The van der Waals surface area contributed by atoms with Crippen molar-refractivity contribution in [2.24, 2.45) is 0 Å². The number of ether oxygens (including phenoxy) is 1. The smallest absolute Gasteiger partial charge is 0.109 e. The summed E-state index contributed by atoms with van der Waals surface area (Å²) in [6.07, 6.45) is 0.831. The third-order valence-electron chi connectivity index (χ3n) is 0.588. The fourth-order valence-electron chi connectivity index (χ4n) is 0.274. The molecule has 8 heavy (non-hydrogen) atoms. The molecule has 0 aliphatic heterocycles. The largest absolute Gasteiger partial charge is 0.394 e. The van der Waals surface area contributed by atoms with E-state index in [4.69, 9.17) is 21.4 Å². The van der Waals surface area contributed by atoms with Crippen LogP contribution in [0.1, 0.15) is 6.42 Å². The average molecular weight is 138 g/mol. The van der Waals surface area contributed by atoms with Crippen LogP contribution >= 0.6 is 11.6 Å². The van der Waals surface area contributed by atoms with Crippen LogP contribution in [-0.4, -0.2) is 24.2 Å². The molecule has 1 radical (unpaired) electrons. The van der Waals surface area contributed by atoms with Gasteiger partial charge in [-0.05, 0) is 6.42 Å². The fraction of sp³-hybridized carbons (Fsp3) is 0.800. The van der Waals surface area contributed by atoms with Gasteiger partial charge in [-0.15, -0.1) is 11.6 Å². The van der Waals surface area contributed by atoms with Crippen molar-refractivity contribution >= 4 is 11.6 Å². The SMILES string of the molecule is OC[CH]OCCCCl. The maximum atomic E-state index is 8.15. The molecule has 0 heterocycles. The van der Waals surface area contributed by atoms with Crippen LogP contribution in [-0.2, 0) is 4.74 Å². The molecular formula is C5H10ClO2. The van der Waals surface area contributed by atoms with Gasteiger partial charge in [-0.3, -0.25) is 0 Å². The van der Waals surface area contributed by atoms with E-state index < -0.39 is 0 Å². The van der Waals surface area contributed by atoms with Crippen LogP contribution in [0.25, 0.3) is 0 Å². The van der Waals surface area contributed by atoms with E-state index in [2.05, 4.69) is 0 Å². The van der Waals surface area contributed by atoms with E-state index in [1.807, 2.05) is 0 Å². The zero-order chi connectivity index (χ0) is 6.24. The van der Waals surface area contributed by atoms with Gasteiger partial charge < -0.3 is 9.84 Å². The number of rotatable bonds is 5. The molecule has 0 aliphatic carbocycles. The van der Waals surface area contributed by atoms with Gasteiger partial charge in [-0.25, -0.2) is 0 Å². The highest BCUT2D eigenvalue weighted by Crippen LogP contribution is 1.87. The van der Waals surface area contributed by atoms with Crippen molar-refractivity contribution in [1.82, 2.24) is 0 Å². The van der Waals surface area contributed by atoms with Crippen molar-refractivity contribution in [2.45, 2.75) is 6.42 Å². The molecule has 0 aliphatic rings. The molecule has 0 amide bonds. The topological polar surface area (TPSA) is 29.5 Å². The Bertz CT molecular complexity index is 35.4. The quantitative estimate of drug-likeness (QED) is 0.449. The highest BCUT2D eigenvalue weighted by atomic mass is 35.5. The first-order valence-corrected chi connectivity index (χ1v) is 3.05. The molecule has 0 saturated carbocycles. The van der Waals surface area contributed by atoms with Gasteiger partial charge in [0.05, 0.1) is 6.61 Å². The van der Waals surface area contributed by atoms with Gasteiger partial charge in [0.1, 0.15) is 6.61 Å². The van der Waals surface area contributed by atoms with E-state index in [1.165, 1.54) is 6.61 Å². The van der Waals surface area contributed by atoms with Crippen molar-refractivity contribution in [3.8, 4) is 0 Å². The van der Waals surface area contributed by atoms with Gasteiger partial charge in [0, 0.05) is 12.5 Å². The third kappa shape index (κ3) is 6.21. The Morgan fingerprint density at radius 1 is 1.62 bits per heavy atom. The summed E-state index contributed by atoms with van der Waals surface area (Å²) in [6, 6.07) is 0. The van der Waals surface area contributed by atoms with Gasteiger partial charge >= 0.3 is 0 Å². The molecule has 0 rings (SSSR count). The summed E-state index contributed by atoms with van der Waals surface area (Å²) in [5.74, 6) is 0.610. The lowest BCUT2D eigenvalue weighted by atomic mass is 10.5. The molecule has 1 N–H and O–H groups in total. The van der Waals surface area contributed by atoms with Gasteiger partial charge in [0.15, 0.2) is 0 Å². The number of hydrogen-bond acceptors (Lipinski definition) is 2. The van der Waals surface area contributed by atoms with E-state index in [0.717, 1.165) is 6.42 Å². The van der Waals surface area contributed by atoms with E-state index >= 15 is 0 Å². The third-order valence-corrected chi connectivity index (χ3v) is 0.855. The molecule has 0 spiro atoms. The van der Waals surface area contributed by atoms with Gasteiger partial charge in [0.25, 0.3) is 0 Å². The summed E-state index contributed by atoms with van der Waals surface area (Å²) in [4.78, 5) is 0. The molecule has 0 aromatic carbocycles. The van der Waals surface area contributed by atoms with Crippen LogP contribution in [0.5, 0.6) is 0 Å². The lowest BCUT2D eigenvalue weighted by molar-refractivity contribution is 0.151. The number of halogens is 1. The summed E-state index contributed by atoms with van der Waals surface area (Å²) >= 11 is 5.32. The Morgan fingerprint density at radius 3 is 2.88 bits per heavy atom. The monoisotopic (exact) mass is 137 g/mol. The Morgan fingerprint density at radius 2 is 2.38 bits per heavy atom. The first-order valence-electron chi connectivity index (χ1n) is 2.52. The predicted octanol–water partition coefficient (Wildman–Crippen LogP) is 0.786. The second-order valence-corrected chi connectivity index (χ2v) is 1.64. The first-order chi connectivity index (χ1) is 3.91. The number of alkyl halides is 1. The zero-order valence-corrected chi connectivity index (χ0v) is 5.40. The van der Waals surface area contributed by atoms with Crippen molar-refractivity contribution in [1.29, 1.82) is 0 Å². The van der Waals surface area contributed by atoms with Gasteiger partial charge in [-0.2, -0.15) is 0 Å². The molecule has 0 atom stereocenters. The molecule has 0 aromatic rings. The normalized spacial score (nSPS) is 9.75. The van der Waals surface area contributed by atoms with Gasteiger partial charge in [0.2, 0.25) is 0 Å². The van der Waals surface area contributed by atoms with E-state index in [-0.39, 0.29) is 6.61 Å². The minimum Gasteiger partial charge on any atom is -0.394 e. The highest BCUT2D eigenvalue weighted by molar-refractivity contribution is 6.17. The molecule has 3 heteroatoms. The summed E-state index contributed by atoms with van der Waals surface area (Å²) in [6.45, 7) is 1.93. The fourth-order valence-corrected chi connectivity index (χ4v) is 0.383. The average Bonchev–Trinajstić information content (AvgIpc) is 1.81. The van der Waals surface area contributed by atoms with Crippen LogP contribution in [0.2, 0.25) is 0 Å². The molecule has 0 unspecified atom stereocenters. The molecular weight excluding hydrogens is 128 g/mol. The maximum Gasteiger partial charge on any atom is 0.109 e. The second kappa shape index (κ2) is 7.21. The molecule has 0 saturated heterocycles. The van der Waals surface area contributed by atoms with E-state index in [0.29, 0.717) is 12.5 Å². The standard InChI is InChI=1S/C5H10ClO2/c6-2-1-4-8-5-3-7/h5,7H,1-4H2. The molecule has 0 aromatic heterocycles. The summed E-state index contributed by atoms with van der Waals surface area (Å²) in [5, 5.41) is 8.15. The predicted molar refractivity (Wildman–Crippen MR) is 32.7 cm³/mol. The second-order valence-electron chi connectivity index (χ2n) is 1.26. The van der Waals surface area contributed by atoms with Crippen LogP contribution in [0.3, 0.4) is 0 Å². The lowest BCUT2D eigenvalue weighted by Crippen LogP contribution is -1.94. The van der Waals surface area contributed by atoms with Crippen molar-refractivity contribution in [3.05, 3.63) is 6.61 Å². The number of hydrogen-bond donors (Lipinski definition) is 1. The van der Waals surface area contributed by atoms with Gasteiger partial charge in [-0.1, -0.05) is 0 Å². The van der Waals surface area contributed by atoms with Crippen LogP contribution < -0.4 is 0 Å². The molecule has 49 valence electrons. The number of aliphatic hydroxyl groups is 1. The van der Waals surface area contributed by atoms with E-state index in [1.54, 1.807) is 0 Å². The van der Waals surface area contributed by atoms with Crippen LogP contribution in [0, 0.1) is 6.61 Å². The first kappa shape index (κ1) is 8.21. The molecule has 2 nitrogen and oxygen atoms in total. The summed E-state index contributed by atoms with van der Waals surface area (Å²) in [5.41, 5.74) is 0. The molecule has 0 fully saturated rings. The van der Waals surface area contributed by atoms with Crippen molar-refractivity contribution in [2.75, 3.05) is 19.1 Å². The molecule has 0 bridgehead atoms. The summed E-state index contributed by atoms with van der Waals surface area (Å²) in [7, 11) is 0. The Balaban J connectivity index is 2.53. The Hall–Kier alpha value is 0.210. The summed E-state index contributed by atoms with van der Waals surface area (Å²) < 4.78 is 4.76. The van der Waals surface area contributed by atoms with Crippen LogP contribution in [0.15, 0.2) is 0 Å². The lowest BCUT2D eigenvalue weighted by Gasteiger charge is -1.95. The Kier molecular flexibility index (Phi) is 7.40. The maximum absolute atomic E-state index is 8.15. The highest BCUT2D eigenvalue weighted by Gasteiger charge is 1.84. The zero-order valence-electron chi connectivity index (χ0n) is 4.64. The number of aliphatic hydroxyl groups excluding tert-OH is 1. The van der Waals surface area contributed by atoms with Crippen molar-refractivity contribution in [3.63, 3.8) is 0 Å². The minimum absolute atomic E-state index is 0.0255. The van der Waals surface area contributed by atoms with Crippen LogP contribution in [0.4, 0.5) is 0 Å².